The quantitative estimate of drug-likeness (QED) is 0.191. The summed E-state index contributed by atoms with van der Waals surface area (Å²) in [4.78, 5) is 7.01. The number of benzene rings is 5. The van der Waals surface area contributed by atoms with Crippen LogP contribution >= 0.6 is 11.3 Å². The molecular formula is C31H22AlN2O2S. The van der Waals surface area contributed by atoms with Crippen LogP contribution in [0.3, 0.4) is 0 Å². The number of aromatic nitrogens is 1. The van der Waals surface area contributed by atoms with Crippen molar-refractivity contribution < 1.29 is 7.58 Å². The van der Waals surface area contributed by atoms with Gasteiger partial charge in [-0.1, -0.05) is 60.7 Å². The molecule has 37 heavy (non-hydrogen) atoms. The van der Waals surface area contributed by atoms with E-state index in [-0.39, 0.29) is 0 Å². The van der Waals surface area contributed by atoms with Gasteiger partial charge in [0.1, 0.15) is 5.01 Å². The smallest absolute Gasteiger partial charge is 0.616 e. The Labute approximate surface area is 226 Å². The van der Waals surface area contributed by atoms with Gasteiger partial charge in [0.25, 0.3) is 0 Å². The Kier molecular flexibility index (Phi) is 6.87. The molecule has 1 heterocycles. The molecular weight excluding hydrogens is 491 g/mol. The Balaban J connectivity index is 1.17. The number of fused-ring (bicyclic) bond motifs is 1. The topological polar surface area (TPSA) is 34.6 Å². The highest BCUT2D eigenvalue weighted by Crippen LogP contribution is 2.36. The summed E-state index contributed by atoms with van der Waals surface area (Å²) in [6, 6.07) is 45.0. The number of hydrogen-bond donors (Lipinski definition) is 0. The molecule has 6 aromatic rings. The second-order valence-electron chi connectivity index (χ2n) is 8.32. The number of thiazole rings is 1. The molecule has 1 radical (unpaired) electrons. The zero-order chi connectivity index (χ0) is 24.9. The van der Waals surface area contributed by atoms with Gasteiger partial charge in [-0.05, 0) is 72.8 Å². The van der Waals surface area contributed by atoms with Gasteiger partial charge in [0, 0.05) is 22.6 Å². The fourth-order valence-corrected chi connectivity index (χ4v) is 5.76. The number of rotatable bonds is 8. The molecule has 0 spiro atoms. The average molecular weight is 514 g/mol. The minimum absolute atomic E-state index is 0.746. The molecule has 0 atom stereocenters. The first-order valence-corrected chi connectivity index (χ1v) is 13.7. The molecule has 0 unspecified atom stereocenters. The minimum Gasteiger partial charge on any atom is -0.616 e. The lowest BCUT2D eigenvalue weighted by Gasteiger charge is -2.25. The van der Waals surface area contributed by atoms with Crippen LogP contribution in [0.25, 0.3) is 20.8 Å². The third kappa shape index (κ3) is 5.23. The van der Waals surface area contributed by atoms with Gasteiger partial charge < -0.3 is 12.5 Å². The van der Waals surface area contributed by atoms with Crippen molar-refractivity contribution in [2.24, 2.45) is 0 Å². The van der Waals surface area contributed by atoms with Crippen molar-refractivity contribution >= 4 is 54.5 Å². The van der Waals surface area contributed by atoms with Crippen molar-refractivity contribution in [2.75, 3.05) is 4.90 Å². The molecule has 0 aliphatic heterocycles. The highest BCUT2D eigenvalue weighted by atomic mass is 32.1. The van der Waals surface area contributed by atoms with Gasteiger partial charge in [-0.25, -0.2) is 4.98 Å². The van der Waals surface area contributed by atoms with E-state index in [0.29, 0.717) is 0 Å². The zero-order valence-corrected chi connectivity index (χ0v) is 21.9. The molecule has 0 saturated heterocycles. The van der Waals surface area contributed by atoms with E-state index in [1.165, 1.54) is 0 Å². The molecule has 4 nitrogen and oxygen atoms in total. The Hall–Kier alpha value is -4.08. The normalized spacial score (nSPS) is 10.7. The third-order valence-corrected chi connectivity index (χ3v) is 7.68. The van der Waals surface area contributed by atoms with Crippen molar-refractivity contribution in [2.45, 2.75) is 0 Å². The SMILES string of the molecule is c1ccc(N(c2ccccc2)c2ccc([O][Al][O]c3ccccc3-c3nc4ccccc4s3)cc2)cc1. The number of para-hydroxylation sites is 4. The predicted octanol–water partition coefficient (Wildman–Crippen LogP) is 8.43. The highest BCUT2D eigenvalue weighted by Gasteiger charge is 2.15. The van der Waals surface area contributed by atoms with Crippen LogP contribution in [0.1, 0.15) is 0 Å². The van der Waals surface area contributed by atoms with Gasteiger partial charge >= 0.3 is 15.9 Å². The minimum atomic E-state index is -0.746. The van der Waals surface area contributed by atoms with Crippen LogP contribution in [-0.4, -0.2) is 20.9 Å². The van der Waals surface area contributed by atoms with Gasteiger partial charge in [0.05, 0.1) is 21.7 Å². The van der Waals surface area contributed by atoms with Crippen molar-refractivity contribution in [1.82, 2.24) is 4.98 Å². The molecule has 0 aliphatic rings. The van der Waals surface area contributed by atoms with E-state index in [0.717, 1.165) is 49.3 Å². The van der Waals surface area contributed by atoms with E-state index in [4.69, 9.17) is 12.6 Å². The molecule has 0 saturated carbocycles. The summed E-state index contributed by atoms with van der Waals surface area (Å²) in [6.45, 7) is 0. The zero-order valence-electron chi connectivity index (χ0n) is 19.9. The van der Waals surface area contributed by atoms with E-state index in [1.54, 1.807) is 11.3 Å². The van der Waals surface area contributed by atoms with Crippen molar-refractivity contribution in [3.63, 3.8) is 0 Å². The molecule has 177 valence electrons. The fraction of sp³-hybridized carbons (Fsp3) is 0. The highest BCUT2D eigenvalue weighted by molar-refractivity contribution is 7.21. The maximum absolute atomic E-state index is 6.13. The Morgan fingerprint density at radius 2 is 1.16 bits per heavy atom. The largest absolute Gasteiger partial charge is 0.881 e. The molecule has 5 aromatic carbocycles. The van der Waals surface area contributed by atoms with E-state index < -0.39 is 15.9 Å². The summed E-state index contributed by atoms with van der Waals surface area (Å²) in [5.41, 5.74) is 5.24. The first-order chi connectivity index (χ1) is 18.3. The Bertz CT molecular complexity index is 1530. The maximum Gasteiger partial charge on any atom is 0.881 e. The summed E-state index contributed by atoms with van der Waals surface area (Å²) < 4.78 is 13.3. The van der Waals surface area contributed by atoms with Crippen LogP contribution in [0.5, 0.6) is 11.5 Å². The average Bonchev–Trinajstić information content (AvgIpc) is 3.40. The second kappa shape index (κ2) is 10.9. The van der Waals surface area contributed by atoms with Gasteiger partial charge in [-0.15, -0.1) is 11.3 Å². The Morgan fingerprint density at radius 3 is 1.86 bits per heavy atom. The second-order valence-corrected chi connectivity index (χ2v) is 10.0. The molecule has 6 heteroatoms. The standard InChI is InChI=1S/C18H15NO.C13H9NOS.Al/c20-18-13-11-17(12-14-18)19(15-7-3-1-4-8-15)16-9-5-2-6-10-16;15-11-7-3-1-5-9(11)13-14-10-6-2-4-8-12(10)16-13;/h1-14,20H;1-8,15H;/q;;+2/p-2. The first-order valence-electron chi connectivity index (χ1n) is 12.0. The Morgan fingerprint density at radius 1 is 0.568 bits per heavy atom. The van der Waals surface area contributed by atoms with Crippen LogP contribution < -0.4 is 12.5 Å². The fourth-order valence-electron chi connectivity index (χ4n) is 4.14. The van der Waals surface area contributed by atoms with Gasteiger partial charge in [-0.3, -0.25) is 0 Å². The van der Waals surface area contributed by atoms with Crippen LogP contribution in [0.15, 0.2) is 133 Å². The number of nitrogens with zero attached hydrogens (tertiary/aromatic N) is 2. The van der Waals surface area contributed by atoms with Crippen LogP contribution in [0, 0.1) is 0 Å². The van der Waals surface area contributed by atoms with Gasteiger partial charge in [-0.2, -0.15) is 0 Å². The summed E-state index contributed by atoms with van der Waals surface area (Å²) in [6.07, 6.45) is 0. The third-order valence-electron chi connectivity index (χ3n) is 5.89. The van der Waals surface area contributed by atoms with Gasteiger partial charge in [0.15, 0.2) is 0 Å². The van der Waals surface area contributed by atoms with Crippen molar-refractivity contribution in [3.8, 4) is 22.1 Å². The van der Waals surface area contributed by atoms with E-state index in [2.05, 4.69) is 71.6 Å². The molecule has 0 amide bonds. The van der Waals surface area contributed by atoms with E-state index in [9.17, 15) is 0 Å². The molecule has 0 fully saturated rings. The van der Waals surface area contributed by atoms with Crippen molar-refractivity contribution in [1.29, 1.82) is 0 Å². The molecule has 0 N–H and O–H groups in total. The summed E-state index contributed by atoms with van der Waals surface area (Å²) >= 11 is 0.921. The molecule has 0 bridgehead atoms. The molecule has 0 aliphatic carbocycles. The lowest BCUT2D eigenvalue weighted by molar-refractivity contribution is 0.460. The number of hydrogen-bond acceptors (Lipinski definition) is 5. The molecule has 6 rings (SSSR count). The summed E-state index contributed by atoms with van der Waals surface area (Å²) in [5, 5.41) is 0.947. The molecule has 1 aromatic heterocycles. The van der Waals surface area contributed by atoms with Crippen LogP contribution in [0.4, 0.5) is 17.1 Å². The van der Waals surface area contributed by atoms with Crippen LogP contribution in [0.2, 0.25) is 0 Å². The summed E-state index contributed by atoms with van der Waals surface area (Å²) in [5.74, 6) is 1.56. The maximum atomic E-state index is 6.13. The predicted molar refractivity (Wildman–Crippen MR) is 153 cm³/mol. The summed E-state index contributed by atoms with van der Waals surface area (Å²) in [7, 11) is 0. The lowest BCUT2D eigenvalue weighted by atomic mass is 10.2. The number of anilines is 3. The van der Waals surface area contributed by atoms with E-state index in [1.807, 2.05) is 66.7 Å². The monoisotopic (exact) mass is 513 g/mol. The lowest BCUT2D eigenvalue weighted by Crippen LogP contribution is -2.12. The van der Waals surface area contributed by atoms with Crippen molar-refractivity contribution in [3.05, 3.63) is 133 Å². The van der Waals surface area contributed by atoms with Crippen LogP contribution in [-0.2, 0) is 0 Å². The van der Waals surface area contributed by atoms with E-state index >= 15 is 0 Å². The van der Waals surface area contributed by atoms with Gasteiger partial charge in [0.2, 0.25) is 0 Å². The first kappa shape index (κ1) is 23.3.